The summed E-state index contributed by atoms with van der Waals surface area (Å²) >= 11 is 5.80. The van der Waals surface area contributed by atoms with Crippen LogP contribution >= 0.6 is 11.6 Å². The second-order valence-electron chi connectivity index (χ2n) is 3.49. The van der Waals surface area contributed by atoms with Crippen LogP contribution in [0.15, 0.2) is 29.3 Å². The summed E-state index contributed by atoms with van der Waals surface area (Å²) in [6.45, 7) is 2.70. The van der Waals surface area contributed by atoms with E-state index in [0.29, 0.717) is 0 Å². The fourth-order valence-electron chi connectivity index (χ4n) is 1.44. The molecule has 0 aliphatic carbocycles. The second kappa shape index (κ2) is 5.03. The number of guanidine groups is 1. The molecule has 15 heavy (non-hydrogen) atoms. The third kappa shape index (κ3) is 3.13. The van der Waals surface area contributed by atoms with Crippen LogP contribution in [0.3, 0.4) is 0 Å². The van der Waals surface area contributed by atoms with E-state index in [1.165, 1.54) is 5.56 Å². The molecule has 80 valence electrons. The van der Waals surface area contributed by atoms with Crippen molar-refractivity contribution >= 4 is 17.6 Å². The van der Waals surface area contributed by atoms with Gasteiger partial charge < -0.3 is 10.6 Å². The molecule has 1 aliphatic heterocycles. The Kier molecular flexibility index (Phi) is 3.45. The van der Waals surface area contributed by atoms with Gasteiger partial charge >= 0.3 is 0 Å². The number of nitrogens with one attached hydrogen (secondary N) is 2. The van der Waals surface area contributed by atoms with Crippen LogP contribution in [0.25, 0.3) is 0 Å². The van der Waals surface area contributed by atoms with Crippen LogP contribution in [-0.2, 0) is 6.54 Å². The first-order chi connectivity index (χ1) is 7.34. The maximum absolute atomic E-state index is 5.80. The summed E-state index contributed by atoms with van der Waals surface area (Å²) < 4.78 is 0. The zero-order valence-electron chi connectivity index (χ0n) is 8.46. The van der Waals surface area contributed by atoms with Crippen LogP contribution in [0.4, 0.5) is 0 Å². The number of benzene rings is 1. The molecule has 1 aromatic carbocycles. The van der Waals surface area contributed by atoms with Gasteiger partial charge in [0.05, 0.1) is 0 Å². The molecule has 0 saturated carbocycles. The number of hydrogen-bond donors (Lipinski definition) is 2. The first-order valence-corrected chi connectivity index (χ1v) is 5.49. The van der Waals surface area contributed by atoms with E-state index < -0.39 is 0 Å². The quantitative estimate of drug-likeness (QED) is 0.802. The number of nitrogens with zero attached hydrogens (tertiary/aromatic N) is 1. The number of halogens is 1. The van der Waals surface area contributed by atoms with E-state index in [1.807, 2.05) is 24.3 Å². The lowest BCUT2D eigenvalue weighted by Gasteiger charge is -2.15. The molecule has 4 heteroatoms. The topological polar surface area (TPSA) is 36.4 Å². The Morgan fingerprint density at radius 3 is 2.80 bits per heavy atom. The molecule has 1 aromatic rings. The highest BCUT2D eigenvalue weighted by molar-refractivity contribution is 6.30. The Labute approximate surface area is 94.5 Å². The van der Waals surface area contributed by atoms with Crippen LogP contribution in [0.1, 0.15) is 12.0 Å². The van der Waals surface area contributed by atoms with Gasteiger partial charge in [0.2, 0.25) is 0 Å². The SMILES string of the molecule is Clc1ccc(CNC2=NCCCN2)cc1. The Morgan fingerprint density at radius 2 is 2.13 bits per heavy atom. The molecule has 1 heterocycles. The van der Waals surface area contributed by atoms with Crippen LogP contribution in [-0.4, -0.2) is 19.0 Å². The number of hydrogen-bond acceptors (Lipinski definition) is 3. The fourth-order valence-corrected chi connectivity index (χ4v) is 1.57. The minimum absolute atomic E-state index is 0.770. The van der Waals surface area contributed by atoms with Crippen molar-refractivity contribution in [1.29, 1.82) is 0 Å². The van der Waals surface area contributed by atoms with Crippen molar-refractivity contribution in [1.82, 2.24) is 10.6 Å². The van der Waals surface area contributed by atoms with E-state index in [9.17, 15) is 0 Å². The van der Waals surface area contributed by atoms with Gasteiger partial charge in [-0.15, -0.1) is 0 Å². The highest BCUT2D eigenvalue weighted by atomic mass is 35.5. The molecule has 0 unspecified atom stereocenters. The molecular formula is C11H14ClN3. The average molecular weight is 224 g/mol. The largest absolute Gasteiger partial charge is 0.356 e. The van der Waals surface area contributed by atoms with E-state index >= 15 is 0 Å². The molecule has 0 spiro atoms. The summed E-state index contributed by atoms with van der Waals surface area (Å²) in [7, 11) is 0. The molecule has 1 aliphatic rings. The standard InChI is InChI=1S/C11H14ClN3/c12-10-4-2-9(3-5-10)8-15-11-13-6-1-7-14-11/h2-5H,1,6-8H2,(H2,13,14,15). The Balaban J connectivity index is 1.87. The van der Waals surface area contributed by atoms with Crippen molar-refractivity contribution in [3.8, 4) is 0 Å². The summed E-state index contributed by atoms with van der Waals surface area (Å²) in [6.07, 6.45) is 1.12. The van der Waals surface area contributed by atoms with Crippen molar-refractivity contribution in [2.75, 3.05) is 13.1 Å². The summed E-state index contributed by atoms with van der Waals surface area (Å²) in [5.74, 6) is 0.899. The molecule has 0 radical (unpaired) electrons. The average Bonchev–Trinajstić information content (AvgIpc) is 2.30. The lowest BCUT2D eigenvalue weighted by Crippen LogP contribution is -2.40. The van der Waals surface area contributed by atoms with Crippen LogP contribution in [0.2, 0.25) is 5.02 Å². The molecule has 0 fully saturated rings. The van der Waals surface area contributed by atoms with E-state index in [4.69, 9.17) is 11.6 Å². The maximum atomic E-state index is 5.80. The van der Waals surface area contributed by atoms with Crippen LogP contribution < -0.4 is 10.6 Å². The van der Waals surface area contributed by atoms with Crippen molar-refractivity contribution in [3.05, 3.63) is 34.9 Å². The van der Waals surface area contributed by atoms with E-state index in [1.54, 1.807) is 0 Å². The van der Waals surface area contributed by atoms with Gasteiger partial charge in [0, 0.05) is 24.7 Å². The highest BCUT2D eigenvalue weighted by Gasteiger charge is 2.02. The van der Waals surface area contributed by atoms with Gasteiger partial charge in [-0.1, -0.05) is 23.7 Å². The molecule has 2 N–H and O–H groups in total. The first kappa shape index (κ1) is 10.3. The monoisotopic (exact) mass is 223 g/mol. The third-order valence-corrected chi connectivity index (χ3v) is 2.52. The first-order valence-electron chi connectivity index (χ1n) is 5.11. The van der Waals surface area contributed by atoms with Crippen molar-refractivity contribution in [2.45, 2.75) is 13.0 Å². The normalized spacial score (nSPS) is 15.4. The highest BCUT2D eigenvalue weighted by Crippen LogP contribution is 2.09. The van der Waals surface area contributed by atoms with Crippen molar-refractivity contribution < 1.29 is 0 Å². The van der Waals surface area contributed by atoms with E-state index in [2.05, 4.69) is 15.6 Å². The maximum Gasteiger partial charge on any atom is 0.191 e. The molecule has 0 atom stereocenters. The molecule has 0 saturated heterocycles. The summed E-state index contributed by atoms with van der Waals surface area (Å²) in [4.78, 5) is 4.33. The van der Waals surface area contributed by atoms with E-state index in [0.717, 1.165) is 37.0 Å². The molecule has 0 amide bonds. The lowest BCUT2D eigenvalue weighted by molar-refractivity contribution is 0.702. The zero-order chi connectivity index (χ0) is 10.5. The minimum atomic E-state index is 0.770. The lowest BCUT2D eigenvalue weighted by atomic mass is 10.2. The minimum Gasteiger partial charge on any atom is -0.356 e. The van der Waals surface area contributed by atoms with E-state index in [-0.39, 0.29) is 0 Å². The van der Waals surface area contributed by atoms with Gasteiger partial charge in [-0.25, -0.2) is 0 Å². The summed E-state index contributed by atoms with van der Waals surface area (Å²) in [5, 5.41) is 7.24. The van der Waals surface area contributed by atoms with Gasteiger partial charge in [-0.3, -0.25) is 4.99 Å². The Morgan fingerprint density at radius 1 is 1.33 bits per heavy atom. The fraction of sp³-hybridized carbons (Fsp3) is 0.364. The smallest absolute Gasteiger partial charge is 0.191 e. The van der Waals surface area contributed by atoms with Crippen molar-refractivity contribution in [3.63, 3.8) is 0 Å². The van der Waals surface area contributed by atoms with Crippen LogP contribution in [0, 0.1) is 0 Å². The summed E-state index contributed by atoms with van der Waals surface area (Å²) in [5.41, 5.74) is 1.20. The van der Waals surface area contributed by atoms with Gasteiger partial charge in [-0.2, -0.15) is 0 Å². The Hall–Kier alpha value is -1.22. The molecular weight excluding hydrogens is 210 g/mol. The number of rotatable bonds is 2. The van der Waals surface area contributed by atoms with Gasteiger partial charge in [0.1, 0.15) is 0 Å². The van der Waals surface area contributed by atoms with Crippen molar-refractivity contribution in [2.24, 2.45) is 4.99 Å². The van der Waals surface area contributed by atoms with Gasteiger partial charge in [0.15, 0.2) is 5.96 Å². The number of aliphatic imine (C=N–C) groups is 1. The molecule has 2 rings (SSSR count). The van der Waals surface area contributed by atoms with Crippen LogP contribution in [0.5, 0.6) is 0 Å². The third-order valence-electron chi connectivity index (χ3n) is 2.27. The summed E-state index contributed by atoms with van der Waals surface area (Å²) in [6, 6.07) is 7.82. The second-order valence-corrected chi connectivity index (χ2v) is 3.93. The molecule has 0 bridgehead atoms. The predicted octanol–water partition coefficient (Wildman–Crippen LogP) is 1.78. The predicted molar refractivity (Wildman–Crippen MR) is 63.2 cm³/mol. The zero-order valence-corrected chi connectivity index (χ0v) is 9.22. The molecule has 3 nitrogen and oxygen atoms in total. The Bertz CT molecular complexity index is 345. The van der Waals surface area contributed by atoms with Gasteiger partial charge in [0.25, 0.3) is 0 Å². The molecule has 0 aromatic heterocycles. The van der Waals surface area contributed by atoms with Gasteiger partial charge in [-0.05, 0) is 24.1 Å².